The van der Waals surface area contributed by atoms with Gasteiger partial charge >= 0.3 is 0 Å². The number of benzene rings is 1. The molecule has 1 aromatic carbocycles. The highest BCUT2D eigenvalue weighted by Gasteiger charge is 2.17. The lowest BCUT2D eigenvalue weighted by molar-refractivity contribution is 0.102. The standard InChI is InChI=1S/C17H22O/c1-12(2)14-8-10-16(11-9-14)17(18)15-6-4-13(3)5-7-15/h6,8-13H,4-5,7H2,1-3H3. The van der Waals surface area contributed by atoms with Crippen molar-refractivity contribution in [3.05, 3.63) is 47.0 Å². The van der Waals surface area contributed by atoms with Crippen LogP contribution in [0.3, 0.4) is 0 Å². The average Bonchev–Trinajstić information content (AvgIpc) is 2.39. The van der Waals surface area contributed by atoms with Gasteiger partial charge in [-0.3, -0.25) is 4.79 Å². The number of ketones is 1. The number of carbonyl (C=O) groups excluding carboxylic acids is 1. The third kappa shape index (κ3) is 2.90. The van der Waals surface area contributed by atoms with Gasteiger partial charge in [-0.15, -0.1) is 0 Å². The molecule has 0 radical (unpaired) electrons. The van der Waals surface area contributed by atoms with E-state index in [4.69, 9.17) is 0 Å². The van der Waals surface area contributed by atoms with Crippen LogP contribution in [0.15, 0.2) is 35.9 Å². The molecule has 1 aliphatic carbocycles. The number of hydrogen-bond acceptors (Lipinski definition) is 1. The van der Waals surface area contributed by atoms with Gasteiger partial charge in [0.1, 0.15) is 0 Å². The highest BCUT2D eigenvalue weighted by atomic mass is 16.1. The molecule has 96 valence electrons. The molecule has 0 aliphatic heterocycles. The van der Waals surface area contributed by atoms with E-state index in [1.165, 1.54) is 5.56 Å². The molecule has 0 saturated heterocycles. The summed E-state index contributed by atoms with van der Waals surface area (Å²) in [7, 11) is 0. The van der Waals surface area contributed by atoms with Gasteiger partial charge in [-0.25, -0.2) is 0 Å². The summed E-state index contributed by atoms with van der Waals surface area (Å²) in [6, 6.07) is 8.08. The van der Waals surface area contributed by atoms with E-state index in [9.17, 15) is 4.79 Å². The largest absolute Gasteiger partial charge is 0.289 e. The second-order valence-electron chi connectivity index (χ2n) is 5.71. The third-order valence-electron chi connectivity index (χ3n) is 3.80. The summed E-state index contributed by atoms with van der Waals surface area (Å²) in [6.07, 6.45) is 5.26. The number of Topliss-reactive ketones (excluding diaryl/α,β-unsaturated/α-hetero) is 1. The first-order chi connectivity index (χ1) is 8.58. The van der Waals surface area contributed by atoms with E-state index in [0.29, 0.717) is 5.92 Å². The molecule has 0 aromatic heterocycles. The zero-order valence-electron chi connectivity index (χ0n) is 11.6. The molecular weight excluding hydrogens is 220 g/mol. The number of carbonyl (C=O) groups is 1. The maximum absolute atomic E-state index is 12.3. The predicted octanol–water partition coefficient (Wildman–Crippen LogP) is 4.74. The Morgan fingerprint density at radius 2 is 1.89 bits per heavy atom. The first-order valence-corrected chi connectivity index (χ1v) is 6.91. The van der Waals surface area contributed by atoms with E-state index in [1.54, 1.807) is 0 Å². The van der Waals surface area contributed by atoms with E-state index in [1.807, 2.05) is 12.1 Å². The van der Waals surface area contributed by atoms with Crippen molar-refractivity contribution < 1.29 is 4.79 Å². The van der Waals surface area contributed by atoms with Crippen molar-refractivity contribution in [1.82, 2.24) is 0 Å². The van der Waals surface area contributed by atoms with Crippen molar-refractivity contribution in [1.29, 1.82) is 0 Å². The average molecular weight is 242 g/mol. The molecule has 0 N–H and O–H groups in total. The fraction of sp³-hybridized carbons (Fsp3) is 0.471. The van der Waals surface area contributed by atoms with Gasteiger partial charge in [-0.2, -0.15) is 0 Å². The summed E-state index contributed by atoms with van der Waals surface area (Å²) in [5, 5.41) is 0. The lowest BCUT2D eigenvalue weighted by Crippen LogP contribution is -2.10. The van der Waals surface area contributed by atoms with Gasteiger partial charge < -0.3 is 0 Å². The number of allylic oxidation sites excluding steroid dienone is 2. The molecule has 1 heteroatoms. The van der Waals surface area contributed by atoms with Crippen LogP contribution >= 0.6 is 0 Å². The second kappa shape index (κ2) is 5.51. The van der Waals surface area contributed by atoms with Crippen molar-refractivity contribution >= 4 is 5.78 Å². The summed E-state index contributed by atoms with van der Waals surface area (Å²) in [4.78, 5) is 12.3. The van der Waals surface area contributed by atoms with Gasteiger partial charge in [-0.05, 0) is 42.2 Å². The molecular formula is C17H22O. The van der Waals surface area contributed by atoms with Gasteiger partial charge in [0.15, 0.2) is 5.78 Å². The summed E-state index contributed by atoms with van der Waals surface area (Å²) < 4.78 is 0. The van der Waals surface area contributed by atoms with E-state index in [-0.39, 0.29) is 5.78 Å². The van der Waals surface area contributed by atoms with Gasteiger partial charge in [-0.1, -0.05) is 51.1 Å². The van der Waals surface area contributed by atoms with Crippen LogP contribution in [-0.4, -0.2) is 5.78 Å². The smallest absolute Gasteiger partial charge is 0.188 e. The molecule has 0 fully saturated rings. The van der Waals surface area contributed by atoms with Crippen molar-refractivity contribution in [2.45, 2.75) is 46.0 Å². The molecule has 1 aliphatic rings. The molecule has 1 aromatic rings. The summed E-state index contributed by atoms with van der Waals surface area (Å²) in [6.45, 7) is 6.58. The highest BCUT2D eigenvalue weighted by molar-refractivity contribution is 6.08. The minimum Gasteiger partial charge on any atom is -0.289 e. The first kappa shape index (κ1) is 13.1. The van der Waals surface area contributed by atoms with Crippen LogP contribution in [0.1, 0.15) is 61.9 Å². The van der Waals surface area contributed by atoms with E-state index < -0.39 is 0 Å². The van der Waals surface area contributed by atoms with Crippen LogP contribution in [0.5, 0.6) is 0 Å². The number of hydrogen-bond donors (Lipinski definition) is 0. The van der Waals surface area contributed by atoms with Crippen LogP contribution in [0.4, 0.5) is 0 Å². The Bertz CT molecular complexity index is 451. The molecule has 18 heavy (non-hydrogen) atoms. The van der Waals surface area contributed by atoms with Gasteiger partial charge in [0.05, 0.1) is 0 Å². The van der Waals surface area contributed by atoms with Crippen LogP contribution in [0.25, 0.3) is 0 Å². The summed E-state index contributed by atoms with van der Waals surface area (Å²) in [5.74, 6) is 1.46. The summed E-state index contributed by atoms with van der Waals surface area (Å²) in [5.41, 5.74) is 3.13. The van der Waals surface area contributed by atoms with Gasteiger partial charge in [0, 0.05) is 5.56 Å². The first-order valence-electron chi connectivity index (χ1n) is 6.91. The number of rotatable bonds is 3. The van der Waals surface area contributed by atoms with Gasteiger partial charge in [0.2, 0.25) is 0 Å². The van der Waals surface area contributed by atoms with Crippen LogP contribution in [0, 0.1) is 5.92 Å². The van der Waals surface area contributed by atoms with Gasteiger partial charge in [0.25, 0.3) is 0 Å². The molecule has 1 nitrogen and oxygen atoms in total. The Morgan fingerprint density at radius 1 is 1.22 bits per heavy atom. The minimum absolute atomic E-state index is 0.220. The van der Waals surface area contributed by atoms with Crippen LogP contribution < -0.4 is 0 Å². The Kier molecular flexibility index (Phi) is 4.00. The third-order valence-corrected chi connectivity index (χ3v) is 3.80. The molecule has 0 spiro atoms. The molecule has 1 atom stereocenters. The fourth-order valence-electron chi connectivity index (χ4n) is 2.38. The van der Waals surface area contributed by atoms with E-state index in [0.717, 1.165) is 36.3 Å². The lowest BCUT2D eigenvalue weighted by atomic mass is 9.87. The molecule has 0 saturated carbocycles. The van der Waals surface area contributed by atoms with E-state index >= 15 is 0 Å². The maximum Gasteiger partial charge on any atom is 0.188 e. The molecule has 1 unspecified atom stereocenters. The van der Waals surface area contributed by atoms with Crippen molar-refractivity contribution in [2.75, 3.05) is 0 Å². The van der Waals surface area contributed by atoms with E-state index in [2.05, 4.69) is 39.0 Å². The van der Waals surface area contributed by atoms with Crippen molar-refractivity contribution in [3.8, 4) is 0 Å². The Morgan fingerprint density at radius 3 is 2.39 bits per heavy atom. The predicted molar refractivity (Wildman–Crippen MR) is 76.0 cm³/mol. The lowest BCUT2D eigenvalue weighted by Gasteiger charge is -2.17. The zero-order valence-corrected chi connectivity index (χ0v) is 11.6. The Labute approximate surface area is 110 Å². The van der Waals surface area contributed by atoms with Crippen LogP contribution in [-0.2, 0) is 0 Å². The highest BCUT2D eigenvalue weighted by Crippen LogP contribution is 2.26. The quantitative estimate of drug-likeness (QED) is 0.700. The minimum atomic E-state index is 0.220. The Balaban J connectivity index is 2.14. The van der Waals surface area contributed by atoms with Crippen molar-refractivity contribution in [2.24, 2.45) is 5.92 Å². The maximum atomic E-state index is 12.3. The molecule has 0 bridgehead atoms. The monoisotopic (exact) mass is 242 g/mol. The normalized spacial score (nSPS) is 19.8. The molecule has 0 heterocycles. The fourth-order valence-corrected chi connectivity index (χ4v) is 2.38. The topological polar surface area (TPSA) is 17.1 Å². The van der Waals surface area contributed by atoms with Crippen LogP contribution in [0.2, 0.25) is 0 Å². The SMILES string of the molecule is CC1CC=C(C(=O)c2ccc(C(C)C)cc2)CC1. The summed E-state index contributed by atoms with van der Waals surface area (Å²) >= 11 is 0. The molecule has 0 amide bonds. The molecule has 2 rings (SSSR count). The zero-order chi connectivity index (χ0) is 13.1. The second-order valence-corrected chi connectivity index (χ2v) is 5.71. The Hall–Kier alpha value is -1.37. The van der Waals surface area contributed by atoms with Crippen molar-refractivity contribution in [3.63, 3.8) is 0 Å².